The molecule has 0 N–H and O–H groups in total. The van der Waals surface area contributed by atoms with Gasteiger partial charge >= 0.3 is 0 Å². The van der Waals surface area contributed by atoms with Gasteiger partial charge in [-0.1, -0.05) is 19.4 Å². The number of nitriles is 1. The first-order chi connectivity index (χ1) is 12.5. The van der Waals surface area contributed by atoms with Gasteiger partial charge in [0.2, 0.25) is 0 Å². The topological polar surface area (TPSA) is 50.1 Å². The van der Waals surface area contributed by atoms with Crippen molar-refractivity contribution in [3.05, 3.63) is 11.6 Å². The van der Waals surface area contributed by atoms with Crippen LogP contribution in [0.2, 0.25) is 19.6 Å². The van der Waals surface area contributed by atoms with E-state index < -0.39 is 13.9 Å². The highest BCUT2D eigenvalue weighted by Crippen LogP contribution is 2.68. The van der Waals surface area contributed by atoms with Crippen molar-refractivity contribution in [2.45, 2.75) is 90.5 Å². The summed E-state index contributed by atoms with van der Waals surface area (Å²) >= 11 is 0. The number of carbonyl (C=O) groups excluding carboxylic acids is 1. The molecule has 4 aliphatic rings. The number of ketones is 1. The van der Waals surface area contributed by atoms with Gasteiger partial charge in [-0.05, 0) is 93.8 Å². The van der Waals surface area contributed by atoms with E-state index in [2.05, 4.69) is 39.6 Å². The first kappa shape index (κ1) is 19.4. The minimum atomic E-state index is -1.80. The normalized spacial score (nSPS) is 46.7. The van der Waals surface area contributed by atoms with Crippen LogP contribution in [0, 0.1) is 39.9 Å². The van der Waals surface area contributed by atoms with Crippen LogP contribution in [0.5, 0.6) is 0 Å². The maximum Gasteiger partial charge on any atom is 0.185 e. The lowest BCUT2D eigenvalue weighted by Crippen LogP contribution is -2.57. The predicted octanol–water partition coefficient (Wildman–Crippen LogP) is 5.63. The van der Waals surface area contributed by atoms with Gasteiger partial charge in [0.25, 0.3) is 0 Å². The van der Waals surface area contributed by atoms with Gasteiger partial charge in [0.05, 0.1) is 6.07 Å². The molecule has 27 heavy (non-hydrogen) atoms. The van der Waals surface area contributed by atoms with Crippen LogP contribution in [0.15, 0.2) is 11.6 Å². The molecular weight excluding hydrogens is 350 g/mol. The van der Waals surface area contributed by atoms with Gasteiger partial charge in [-0.3, -0.25) is 4.79 Å². The molecule has 0 aliphatic heterocycles. The summed E-state index contributed by atoms with van der Waals surface area (Å²) in [5, 5.41) is 10.2. The van der Waals surface area contributed by atoms with Crippen LogP contribution < -0.4 is 0 Å². The SMILES string of the molecule is CC12CCC(=O)C=C1CCC1C2CCC2(C)C1CCC2(C#N)O[Si](C)(C)C. The van der Waals surface area contributed by atoms with E-state index in [1.807, 2.05) is 6.08 Å². The molecule has 4 rings (SSSR count). The molecule has 3 fully saturated rings. The molecule has 4 aliphatic carbocycles. The molecule has 0 aromatic carbocycles. The zero-order chi connectivity index (χ0) is 19.7. The summed E-state index contributed by atoms with van der Waals surface area (Å²) in [6.45, 7) is 11.4. The number of carbonyl (C=O) groups is 1. The second-order valence-corrected chi connectivity index (χ2v) is 15.5. The van der Waals surface area contributed by atoms with E-state index in [1.165, 1.54) is 18.4 Å². The zero-order valence-corrected chi connectivity index (χ0v) is 18.7. The first-order valence-electron chi connectivity index (χ1n) is 10.9. The maximum absolute atomic E-state index is 12.0. The van der Waals surface area contributed by atoms with Crippen molar-refractivity contribution in [3.8, 4) is 6.07 Å². The summed E-state index contributed by atoms with van der Waals surface area (Å²) in [5.41, 5.74) is 1.01. The Morgan fingerprint density at radius 2 is 1.78 bits per heavy atom. The summed E-state index contributed by atoms with van der Waals surface area (Å²) in [4.78, 5) is 12.0. The van der Waals surface area contributed by atoms with Crippen molar-refractivity contribution in [3.63, 3.8) is 0 Å². The Morgan fingerprint density at radius 1 is 1.07 bits per heavy atom. The average Bonchev–Trinajstić information content (AvgIpc) is 2.87. The highest BCUT2D eigenvalue weighted by Gasteiger charge is 2.66. The quantitative estimate of drug-likeness (QED) is 0.579. The summed E-state index contributed by atoms with van der Waals surface area (Å²) < 4.78 is 6.66. The van der Waals surface area contributed by atoms with Crippen LogP contribution in [0.3, 0.4) is 0 Å². The molecule has 0 spiro atoms. The second-order valence-electron chi connectivity index (χ2n) is 11.1. The van der Waals surface area contributed by atoms with Gasteiger partial charge in [0.1, 0.15) is 5.60 Å². The highest BCUT2D eigenvalue weighted by atomic mass is 28.4. The molecule has 3 nitrogen and oxygen atoms in total. The molecule has 0 heterocycles. The number of rotatable bonds is 2. The number of hydrogen-bond acceptors (Lipinski definition) is 3. The Labute approximate surface area is 165 Å². The molecule has 6 unspecified atom stereocenters. The largest absolute Gasteiger partial charge is 0.399 e. The van der Waals surface area contributed by atoms with E-state index in [9.17, 15) is 10.1 Å². The first-order valence-corrected chi connectivity index (χ1v) is 14.3. The number of nitrogens with zero attached hydrogens (tertiary/aromatic N) is 1. The monoisotopic (exact) mass is 385 g/mol. The smallest absolute Gasteiger partial charge is 0.185 e. The third kappa shape index (κ3) is 2.72. The molecule has 0 aromatic heterocycles. The van der Waals surface area contributed by atoms with Gasteiger partial charge in [0, 0.05) is 11.8 Å². The van der Waals surface area contributed by atoms with E-state index in [1.54, 1.807) is 0 Å². The van der Waals surface area contributed by atoms with E-state index in [0.717, 1.165) is 32.1 Å². The van der Waals surface area contributed by atoms with Crippen LogP contribution in [-0.4, -0.2) is 19.7 Å². The molecule has 148 valence electrons. The molecular formula is C23H35NO2Si. The van der Waals surface area contributed by atoms with E-state index >= 15 is 0 Å². The lowest BCUT2D eigenvalue weighted by Gasteiger charge is -2.59. The fourth-order valence-corrected chi connectivity index (χ4v) is 8.88. The lowest BCUT2D eigenvalue weighted by atomic mass is 9.46. The van der Waals surface area contributed by atoms with Gasteiger partial charge < -0.3 is 4.43 Å². The Balaban J connectivity index is 1.68. The minimum absolute atomic E-state index is 0.0226. The Kier molecular flexibility index (Phi) is 4.34. The summed E-state index contributed by atoms with van der Waals surface area (Å²) in [7, 11) is -1.80. The van der Waals surface area contributed by atoms with E-state index in [4.69, 9.17) is 4.43 Å². The lowest BCUT2D eigenvalue weighted by molar-refractivity contribution is -0.118. The third-order valence-electron chi connectivity index (χ3n) is 8.74. The number of hydrogen-bond donors (Lipinski definition) is 0. The van der Waals surface area contributed by atoms with Crippen LogP contribution >= 0.6 is 0 Å². The van der Waals surface area contributed by atoms with Crippen molar-refractivity contribution in [1.29, 1.82) is 5.26 Å². The zero-order valence-electron chi connectivity index (χ0n) is 17.7. The summed E-state index contributed by atoms with van der Waals surface area (Å²) in [6.07, 6.45) is 10.3. The molecule has 4 heteroatoms. The van der Waals surface area contributed by atoms with Gasteiger partial charge in [-0.25, -0.2) is 0 Å². The van der Waals surface area contributed by atoms with Gasteiger partial charge in [0.15, 0.2) is 14.1 Å². The Hall–Kier alpha value is -0.923. The highest BCUT2D eigenvalue weighted by molar-refractivity contribution is 6.69. The Bertz CT molecular complexity index is 732. The van der Waals surface area contributed by atoms with Crippen molar-refractivity contribution in [2.24, 2.45) is 28.6 Å². The van der Waals surface area contributed by atoms with Crippen molar-refractivity contribution in [1.82, 2.24) is 0 Å². The van der Waals surface area contributed by atoms with Crippen LogP contribution in [-0.2, 0) is 9.22 Å². The van der Waals surface area contributed by atoms with Crippen molar-refractivity contribution >= 4 is 14.1 Å². The maximum atomic E-state index is 12.0. The third-order valence-corrected chi connectivity index (χ3v) is 9.70. The average molecular weight is 386 g/mol. The van der Waals surface area contributed by atoms with Crippen LogP contribution in [0.4, 0.5) is 0 Å². The fourth-order valence-electron chi connectivity index (χ4n) is 7.45. The van der Waals surface area contributed by atoms with Gasteiger partial charge in [-0.15, -0.1) is 0 Å². The molecule has 0 radical (unpaired) electrons. The molecule has 3 saturated carbocycles. The molecule has 0 aromatic rings. The minimum Gasteiger partial charge on any atom is -0.399 e. The number of fused-ring (bicyclic) bond motifs is 5. The molecule has 0 bridgehead atoms. The molecule has 6 atom stereocenters. The van der Waals surface area contributed by atoms with E-state index in [-0.39, 0.29) is 10.8 Å². The Morgan fingerprint density at radius 3 is 2.44 bits per heavy atom. The standard InChI is InChI=1S/C23H35NO2Si/c1-21-11-8-17(25)14-16(21)6-7-18-19(21)9-12-22(2)20(18)10-13-23(22,15-24)26-27(3,4)5/h14,18-20H,6-13H2,1-5H3. The van der Waals surface area contributed by atoms with Crippen LogP contribution in [0.25, 0.3) is 0 Å². The van der Waals surface area contributed by atoms with E-state index in [0.29, 0.717) is 30.0 Å². The summed E-state index contributed by atoms with van der Waals surface area (Å²) in [6, 6.07) is 2.70. The second kappa shape index (κ2) is 6.04. The summed E-state index contributed by atoms with van der Waals surface area (Å²) in [5.74, 6) is 2.27. The number of allylic oxidation sites excluding steroid dienone is 1. The van der Waals surface area contributed by atoms with Crippen LogP contribution in [0.1, 0.15) is 65.2 Å². The fraction of sp³-hybridized carbons (Fsp3) is 0.826. The molecule has 0 amide bonds. The predicted molar refractivity (Wildman–Crippen MR) is 109 cm³/mol. The molecule has 0 saturated heterocycles. The van der Waals surface area contributed by atoms with Crippen molar-refractivity contribution < 1.29 is 9.22 Å². The van der Waals surface area contributed by atoms with Gasteiger partial charge in [-0.2, -0.15) is 5.26 Å². The van der Waals surface area contributed by atoms with Crippen molar-refractivity contribution in [2.75, 3.05) is 0 Å².